The van der Waals surface area contributed by atoms with E-state index in [1.165, 1.54) is 0 Å². The molecule has 8 aromatic rings. The molecule has 0 radical (unpaired) electrons. The number of rotatable bonds is 6. The third kappa shape index (κ3) is 4.43. The fourth-order valence-electron chi connectivity index (χ4n) is 7.72. The molecule has 9 rings (SSSR count). The summed E-state index contributed by atoms with van der Waals surface area (Å²) in [6.07, 6.45) is 0.462. The Morgan fingerprint density at radius 3 is 2.08 bits per heavy atom. The molecule has 0 atom stereocenters. The summed E-state index contributed by atoms with van der Waals surface area (Å²) < 4.78 is 99.2. The fraction of sp³-hybridized carbons (Fsp3) is 0.152. The minimum absolute atomic E-state index is 0.0353. The van der Waals surface area contributed by atoms with Gasteiger partial charge in [-0.25, -0.2) is 4.98 Å². The summed E-state index contributed by atoms with van der Waals surface area (Å²) in [4.78, 5) is 4.47. The van der Waals surface area contributed by atoms with E-state index in [1.54, 1.807) is 10.6 Å². The number of hydrogen-bond acceptors (Lipinski definition) is 1. The van der Waals surface area contributed by atoms with Crippen molar-refractivity contribution in [2.24, 2.45) is 0 Å². The third-order valence-electron chi connectivity index (χ3n) is 10.1. The summed E-state index contributed by atoms with van der Waals surface area (Å²) in [5.74, 6) is -0.0353. The summed E-state index contributed by atoms with van der Waals surface area (Å²) >= 11 is 0. The maximum absolute atomic E-state index is 9.38. The zero-order chi connectivity index (χ0) is 41.9. The van der Waals surface area contributed by atoms with Crippen molar-refractivity contribution < 1.29 is 15.1 Å². The SMILES string of the molecule is [2H]c1c([2H])c([2H])c2c(-c3ccc4c(c3)C(C)(C)c3ccccc3-4)c3c([2H])c([2H])c([2H])c([2H])c3c(CCc3ccccc3Cn3c(C([2H])([2H])[2H])nc4ccccc43)c2c1[2H]. The van der Waals surface area contributed by atoms with Crippen molar-refractivity contribution in [1.29, 1.82) is 0 Å². The average Bonchev–Trinajstić information content (AvgIpc) is 3.71. The minimum atomic E-state index is -2.47. The van der Waals surface area contributed by atoms with Crippen LogP contribution in [0.25, 0.3) is 54.8 Å². The van der Waals surface area contributed by atoms with E-state index in [1.807, 2.05) is 72.8 Å². The number of benzene rings is 7. The van der Waals surface area contributed by atoms with Crippen LogP contribution in [-0.4, -0.2) is 9.55 Å². The van der Waals surface area contributed by atoms with Gasteiger partial charge in [0.25, 0.3) is 0 Å². The lowest BCUT2D eigenvalue weighted by Gasteiger charge is -2.23. The Bertz CT molecular complexity index is 3010. The van der Waals surface area contributed by atoms with E-state index in [-0.39, 0.29) is 64.5 Å². The van der Waals surface area contributed by atoms with E-state index >= 15 is 0 Å². The second-order valence-corrected chi connectivity index (χ2v) is 13.1. The first kappa shape index (κ1) is 19.4. The largest absolute Gasteiger partial charge is 0.324 e. The van der Waals surface area contributed by atoms with E-state index in [2.05, 4.69) is 31.0 Å². The topological polar surface area (TPSA) is 17.8 Å². The van der Waals surface area contributed by atoms with Crippen LogP contribution < -0.4 is 0 Å². The predicted octanol–water partition coefficient (Wildman–Crippen LogP) is 11.5. The zero-order valence-electron chi connectivity index (χ0n) is 37.7. The molecule has 0 unspecified atom stereocenters. The van der Waals surface area contributed by atoms with Gasteiger partial charge in [0.2, 0.25) is 0 Å². The van der Waals surface area contributed by atoms with Crippen LogP contribution in [0.5, 0.6) is 0 Å². The van der Waals surface area contributed by atoms with Crippen LogP contribution in [0.1, 0.15) is 62.6 Å². The molecule has 0 aliphatic heterocycles. The van der Waals surface area contributed by atoms with Crippen molar-refractivity contribution in [2.45, 2.75) is 45.5 Å². The lowest BCUT2D eigenvalue weighted by atomic mass is 9.80. The van der Waals surface area contributed by atoms with Crippen molar-refractivity contribution in [3.63, 3.8) is 0 Å². The van der Waals surface area contributed by atoms with Crippen LogP contribution in [0.15, 0.2) is 139 Å². The molecule has 2 heteroatoms. The number of aromatic nitrogens is 2. The molecule has 0 saturated heterocycles. The predicted molar refractivity (Wildman–Crippen MR) is 202 cm³/mol. The van der Waals surface area contributed by atoms with Crippen molar-refractivity contribution in [3.05, 3.63) is 173 Å². The van der Waals surface area contributed by atoms with Gasteiger partial charge < -0.3 is 4.57 Å². The first-order valence-electron chi connectivity index (χ1n) is 21.7. The Morgan fingerprint density at radius 2 is 1.31 bits per heavy atom. The van der Waals surface area contributed by atoms with Crippen LogP contribution in [-0.2, 0) is 24.8 Å². The second kappa shape index (κ2) is 11.1. The van der Waals surface area contributed by atoms with E-state index in [4.69, 9.17) is 9.60 Å². The van der Waals surface area contributed by atoms with Crippen LogP contribution in [0, 0.1) is 6.85 Å². The van der Waals surface area contributed by atoms with Crippen molar-refractivity contribution in [2.75, 3.05) is 0 Å². The highest BCUT2D eigenvalue weighted by Gasteiger charge is 2.35. The minimum Gasteiger partial charge on any atom is -0.324 e. The van der Waals surface area contributed by atoms with E-state index in [0.29, 0.717) is 34.1 Å². The van der Waals surface area contributed by atoms with Gasteiger partial charge in [0.1, 0.15) is 5.82 Å². The average molecular weight is 630 g/mol. The smallest absolute Gasteiger partial charge is 0.107 e. The number of aryl methyl sites for hydroxylation is 3. The lowest BCUT2D eigenvalue weighted by molar-refractivity contribution is 0.660. The standard InChI is InChI=1S/C46H38N2/c1-30-47-43-22-12-13-23-44(43)48(30)29-33-15-5-4-14-31(33)24-26-36-34-16-6-8-19-39(34)45(40-20-9-7-17-35(36)40)32-25-27-38-37-18-10-11-21-41(37)46(2,3)42(38)28-32/h4-23,25,27-28H,24,26,29H2,1-3H3/i1D3,6D,7D,8D,9D,16D,17D,19D,20D. The van der Waals surface area contributed by atoms with Gasteiger partial charge >= 0.3 is 0 Å². The van der Waals surface area contributed by atoms with E-state index < -0.39 is 36.4 Å². The normalized spacial score (nSPS) is 16.8. The third-order valence-corrected chi connectivity index (χ3v) is 10.1. The van der Waals surface area contributed by atoms with Gasteiger partial charge in [-0.15, -0.1) is 0 Å². The molecule has 0 bridgehead atoms. The Kier molecular flexibility index (Phi) is 4.47. The highest BCUT2D eigenvalue weighted by molar-refractivity contribution is 6.15. The Hall–Kier alpha value is -5.47. The van der Waals surface area contributed by atoms with Gasteiger partial charge in [0.05, 0.1) is 22.0 Å². The molecule has 1 heterocycles. The van der Waals surface area contributed by atoms with Gasteiger partial charge in [0, 0.05) is 16.1 Å². The van der Waals surface area contributed by atoms with Crippen molar-refractivity contribution in [3.8, 4) is 22.3 Å². The summed E-state index contributed by atoms with van der Waals surface area (Å²) in [5, 5.41) is 0.790. The van der Waals surface area contributed by atoms with Gasteiger partial charge in [-0.3, -0.25) is 0 Å². The quantitative estimate of drug-likeness (QED) is 0.167. The molecular weight excluding hydrogens is 581 g/mol. The molecular formula is C46H38N2. The molecule has 0 saturated carbocycles. The van der Waals surface area contributed by atoms with Crippen LogP contribution >= 0.6 is 0 Å². The summed E-state index contributed by atoms with van der Waals surface area (Å²) in [7, 11) is 0. The fourth-order valence-corrected chi connectivity index (χ4v) is 7.72. The van der Waals surface area contributed by atoms with Gasteiger partial charge in [-0.05, 0) is 110 Å². The van der Waals surface area contributed by atoms with Gasteiger partial charge in [-0.2, -0.15) is 0 Å². The maximum Gasteiger partial charge on any atom is 0.107 e. The molecule has 232 valence electrons. The van der Waals surface area contributed by atoms with Gasteiger partial charge in [0.15, 0.2) is 0 Å². The monoisotopic (exact) mass is 629 g/mol. The molecule has 48 heavy (non-hydrogen) atoms. The maximum atomic E-state index is 9.38. The molecule has 0 N–H and O–H groups in total. The Balaban J connectivity index is 1.28. The number of hydrogen-bond donors (Lipinski definition) is 0. The molecule has 0 amide bonds. The molecule has 7 aromatic carbocycles. The first-order valence-corrected chi connectivity index (χ1v) is 16.2. The van der Waals surface area contributed by atoms with Crippen LogP contribution in [0.4, 0.5) is 0 Å². The highest BCUT2D eigenvalue weighted by atomic mass is 15.1. The lowest BCUT2D eigenvalue weighted by Crippen LogP contribution is -2.14. The highest BCUT2D eigenvalue weighted by Crippen LogP contribution is 2.50. The number of nitrogens with zero attached hydrogens (tertiary/aromatic N) is 2. The summed E-state index contributed by atoms with van der Waals surface area (Å²) in [6.45, 7) is 1.99. The summed E-state index contributed by atoms with van der Waals surface area (Å²) in [5.41, 5.74) is 8.09. The molecule has 1 aliphatic rings. The van der Waals surface area contributed by atoms with E-state index in [0.717, 1.165) is 33.4 Å². The zero-order valence-corrected chi connectivity index (χ0v) is 26.7. The van der Waals surface area contributed by atoms with Gasteiger partial charge in [-0.1, -0.05) is 135 Å². The molecule has 0 fully saturated rings. The first-order chi connectivity index (χ1) is 28.0. The van der Waals surface area contributed by atoms with Crippen molar-refractivity contribution in [1.82, 2.24) is 9.55 Å². The van der Waals surface area contributed by atoms with Crippen LogP contribution in [0.3, 0.4) is 0 Å². The van der Waals surface area contributed by atoms with Crippen LogP contribution in [0.2, 0.25) is 0 Å². The Labute approximate surface area is 297 Å². The molecule has 1 aliphatic carbocycles. The second-order valence-electron chi connectivity index (χ2n) is 13.1. The number of imidazole rings is 1. The molecule has 0 spiro atoms. The Morgan fingerprint density at radius 1 is 0.667 bits per heavy atom. The van der Waals surface area contributed by atoms with E-state index in [9.17, 15) is 5.48 Å². The number of fused-ring (bicyclic) bond motifs is 6. The molecule has 1 aromatic heterocycles. The summed E-state index contributed by atoms with van der Waals surface area (Å²) in [6, 6.07) is 26.0. The number of para-hydroxylation sites is 2. The molecule has 2 nitrogen and oxygen atoms in total. The van der Waals surface area contributed by atoms with Crippen molar-refractivity contribution >= 4 is 32.6 Å².